The zero-order chi connectivity index (χ0) is 12.3. The predicted molar refractivity (Wildman–Crippen MR) is 60.7 cm³/mol. The quantitative estimate of drug-likeness (QED) is 0.471. The smallest absolute Gasteiger partial charge is 0.171 e. The van der Waals surface area contributed by atoms with Crippen LogP contribution in [0.2, 0.25) is 10.0 Å². The largest absolute Gasteiger partial charge is 0.299 e. The Labute approximate surface area is 102 Å². The molecule has 1 aromatic rings. The minimum Gasteiger partial charge on any atom is -0.299 e. The molecule has 0 saturated carbocycles. The Morgan fingerprint density at radius 1 is 1.25 bits per heavy atom. The standard InChI is InChI=1S/C11H9Cl2FO2/c1-2-6(15)3-11(16)7-4-10(14)9(13)5-8(7)12/h4-5H,2-3H2,1H3. The minimum atomic E-state index is -0.724. The number of benzene rings is 1. The first kappa shape index (κ1) is 13.1. The number of ketones is 2. The van der Waals surface area contributed by atoms with Crippen LogP contribution in [0.4, 0.5) is 4.39 Å². The maximum absolute atomic E-state index is 13.1. The van der Waals surface area contributed by atoms with Gasteiger partial charge < -0.3 is 0 Å². The number of hydrogen-bond acceptors (Lipinski definition) is 2. The van der Waals surface area contributed by atoms with Crippen LogP contribution in [0.15, 0.2) is 12.1 Å². The molecule has 1 rings (SSSR count). The summed E-state index contributed by atoms with van der Waals surface area (Å²) < 4.78 is 13.1. The molecule has 0 bridgehead atoms. The molecule has 16 heavy (non-hydrogen) atoms. The molecule has 0 radical (unpaired) electrons. The van der Waals surface area contributed by atoms with Gasteiger partial charge in [0.05, 0.1) is 16.5 Å². The zero-order valence-electron chi connectivity index (χ0n) is 8.52. The van der Waals surface area contributed by atoms with E-state index in [4.69, 9.17) is 23.2 Å². The van der Waals surface area contributed by atoms with Crippen LogP contribution in [-0.4, -0.2) is 11.6 Å². The van der Waals surface area contributed by atoms with Crippen LogP contribution in [-0.2, 0) is 4.79 Å². The molecule has 0 aliphatic rings. The van der Waals surface area contributed by atoms with Crippen molar-refractivity contribution in [3.8, 4) is 0 Å². The summed E-state index contributed by atoms with van der Waals surface area (Å²) in [6.07, 6.45) is -0.00325. The van der Waals surface area contributed by atoms with Crippen molar-refractivity contribution in [3.05, 3.63) is 33.6 Å². The van der Waals surface area contributed by atoms with Gasteiger partial charge in [-0.3, -0.25) is 9.59 Å². The van der Waals surface area contributed by atoms with E-state index >= 15 is 0 Å². The lowest BCUT2D eigenvalue weighted by atomic mass is 10.0. The van der Waals surface area contributed by atoms with Gasteiger partial charge in [0.2, 0.25) is 0 Å². The van der Waals surface area contributed by atoms with Gasteiger partial charge in [0.25, 0.3) is 0 Å². The van der Waals surface area contributed by atoms with Gasteiger partial charge in [0, 0.05) is 12.0 Å². The molecule has 0 amide bonds. The van der Waals surface area contributed by atoms with Gasteiger partial charge in [-0.05, 0) is 12.1 Å². The predicted octanol–water partition coefficient (Wildman–Crippen LogP) is 3.68. The van der Waals surface area contributed by atoms with Crippen molar-refractivity contribution < 1.29 is 14.0 Å². The highest BCUT2D eigenvalue weighted by atomic mass is 35.5. The second kappa shape index (κ2) is 5.41. The second-order valence-electron chi connectivity index (χ2n) is 3.24. The lowest BCUT2D eigenvalue weighted by molar-refractivity contribution is -0.117. The first-order valence-electron chi connectivity index (χ1n) is 4.65. The van der Waals surface area contributed by atoms with Gasteiger partial charge in [-0.25, -0.2) is 4.39 Å². The molecule has 0 aliphatic heterocycles. The first-order valence-corrected chi connectivity index (χ1v) is 5.40. The van der Waals surface area contributed by atoms with Crippen molar-refractivity contribution >= 4 is 34.8 Å². The van der Waals surface area contributed by atoms with Gasteiger partial charge in [-0.15, -0.1) is 0 Å². The fraction of sp³-hybridized carbons (Fsp3) is 0.273. The maximum atomic E-state index is 13.1. The summed E-state index contributed by atoms with van der Waals surface area (Å²) >= 11 is 11.2. The summed E-state index contributed by atoms with van der Waals surface area (Å²) in [7, 11) is 0. The van der Waals surface area contributed by atoms with Gasteiger partial charge in [-0.1, -0.05) is 30.1 Å². The molecule has 0 spiro atoms. The molecule has 86 valence electrons. The van der Waals surface area contributed by atoms with E-state index in [0.717, 1.165) is 12.1 Å². The molecular formula is C11H9Cl2FO2. The number of halogens is 3. The Bertz CT molecular complexity index is 444. The van der Waals surface area contributed by atoms with E-state index in [2.05, 4.69) is 0 Å². The SMILES string of the molecule is CCC(=O)CC(=O)c1cc(F)c(Cl)cc1Cl. The van der Waals surface area contributed by atoms with Gasteiger partial charge in [0.1, 0.15) is 11.6 Å². The van der Waals surface area contributed by atoms with Crippen molar-refractivity contribution in [1.82, 2.24) is 0 Å². The summed E-state index contributed by atoms with van der Waals surface area (Å²) in [5.41, 5.74) is -0.00892. The lowest BCUT2D eigenvalue weighted by Gasteiger charge is -2.04. The monoisotopic (exact) mass is 262 g/mol. The van der Waals surface area contributed by atoms with Crippen LogP contribution in [0.5, 0.6) is 0 Å². The third-order valence-corrected chi connectivity index (χ3v) is 2.66. The fourth-order valence-electron chi connectivity index (χ4n) is 1.14. The van der Waals surface area contributed by atoms with Crippen molar-refractivity contribution in [2.45, 2.75) is 19.8 Å². The van der Waals surface area contributed by atoms with E-state index in [9.17, 15) is 14.0 Å². The van der Waals surface area contributed by atoms with E-state index in [-0.39, 0.29) is 34.2 Å². The number of rotatable bonds is 4. The van der Waals surface area contributed by atoms with Crippen molar-refractivity contribution in [3.63, 3.8) is 0 Å². The molecule has 0 fully saturated rings. The normalized spacial score (nSPS) is 10.2. The number of hydrogen-bond donors (Lipinski definition) is 0. The van der Waals surface area contributed by atoms with Crippen LogP contribution >= 0.6 is 23.2 Å². The van der Waals surface area contributed by atoms with E-state index < -0.39 is 11.6 Å². The highest BCUT2D eigenvalue weighted by Crippen LogP contribution is 2.25. The van der Waals surface area contributed by atoms with Crippen LogP contribution in [0, 0.1) is 5.82 Å². The van der Waals surface area contributed by atoms with Crippen molar-refractivity contribution in [2.75, 3.05) is 0 Å². The molecular weight excluding hydrogens is 254 g/mol. The topological polar surface area (TPSA) is 34.1 Å². The average Bonchev–Trinajstić information content (AvgIpc) is 2.23. The third-order valence-electron chi connectivity index (χ3n) is 2.06. The molecule has 0 aromatic heterocycles. The number of Topliss-reactive ketones (excluding diaryl/α,β-unsaturated/α-hetero) is 2. The maximum Gasteiger partial charge on any atom is 0.171 e. The van der Waals surface area contributed by atoms with E-state index in [0.29, 0.717) is 0 Å². The summed E-state index contributed by atoms with van der Waals surface area (Å²) in [5, 5.41) is -0.0938. The first-order chi connectivity index (χ1) is 7.45. The zero-order valence-corrected chi connectivity index (χ0v) is 10.0. The van der Waals surface area contributed by atoms with E-state index in [1.54, 1.807) is 6.92 Å². The Hall–Kier alpha value is -0.930. The number of carbonyl (C=O) groups is 2. The Morgan fingerprint density at radius 2 is 1.88 bits per heavy atom. The summed E-state index contributed by atoms with van der Waals surface area (Å²) in [6, 6.07) is 2.11. The molecule has 0 unspecified atom stereocenters. The molecule has 1 aromatic carbocycles. The van der Waals surface area contributed by atoms with Crippen molar-refractivity contribution in [2.24, 2.45) is 0 Å². The number of carbonyl (C=O) groups excluding carboxylic acids is 2. The molecule has 0 saturated heterocycles. The van der Waals surface area contributed by atoms with Crippen LogP contribution < -0.4 is 0 Å². The molecule has 0 aliphatic carbocycles. The van der Waals surface area contributed by atoms with E-state index in [1.807, 2.05) is 0 Å². The molecule has 5 heteroatoms. The summed E-state index contributed by atoms with van der Waals surface area (Å²) in [6.45, 7) is 1.65. The fourth-order valence-corrected chi connectivity index (χ4v) is 1.62. The second-order valence-corrected chi connectivity index (χ2v) is 4.05. The van der Waals surface area contributed by atoms with Crippen LogP contribution in [0.3, 0.4) is 0 Å². The Balaban J connectivity index is 3.00. The molecule has 0 heterocycles. The summed E-state index contributed by atoms with van der Waals surface area (Å²) in [4.78, 5) is 22.7. The molecule has 0 N–H and O–H groups in total. The van der Waals surface area contributed by atoms with Gasteiger partial charge in [0.15, 0.2) is 5.78 Å². The van der Waals surface area contributed by atoms with Gasteiger partial charge >= 0.3 is 0 Å². The van der Waals surface area contributed by atoms with Crippen molar-refractivity contribution in [1.29, 1.82) is 0 Å². The van der Waals surface area contributed by atoms with Crippen LogP contribution in [0.25, 0.3) is 0 Å². The van der Waals surface area contributed by atoms with Crippen LogP contribution in [0.1, 0.15) is 30.1 Å². The van der Waals surface area contributed by atoms with Gasteiger partial charge in [-0.2, -0.15) is 0 Å². The Kier molecular flexibility index (Phi) is 4.44. The Morgan fingerprint density at radius 3 is 2.44 bits per heavy atom. The average molecular weight is 263 g/mol. The highest BCUT2D eigenvalue weighted by molar-refractivity contribution is 6.37. The van der Waals surface area contributed by atoms with E-state index in [1.165, 1.54) is 0 Å². The molecule has 2 nitrogen and oxygen atoms in total. The lowest BCUT2D eigenvalue weighted by Crippen LogP contribution is -2.08. The molecule has 0 atom stereocenters. The summed E-state index contributed by atoms with van der Waals surface area (Å²) in [5.74, 6) is -1.43. The minimum absolute atomic E-state index is 0.00892. The third kappa shape index (κ3) is 3.03. The highest BCUT2D eigenvalue weighted by Gasteiger charge is 2.16.